The van der Waals surface area contributed by atoms with Crippen LogP contribution in [0.5, 0.6) is 0 Å². The molecule has 16 heavy (non-hydrogen) atoms. The van der Waals surface area contributed by atoms with E-state index < -0.39 is 0 Å². The van der Waals surface area contributed by atoms with Gasteiger partial charge in [-0.05, 0) is 13.5 Å². The number of amides is 1. The fraction of sp³-hybridized carbons (Fsp3) is 0.909. The van der Waals surface area contributed by atoms with Crippen molar-refractivity contribution < 1.29 is 9.53 Å². The minimum atomic E-state index is -0.0339. The lowest BCUT2D eigenvalue weighted by Gasteiger charge is -2.33. The molecule has 0 radical (unpaired) electrons. The average molecular weight is 227 g/mol. The molecule has 2 unspecified atom stereocenters. The van der Waals surface area contributed by atoms with Crippen molar-refractivity contribution >= 4 is 5.91 Å². The molecule has 2 heterocycles. The summed E-state index contributed by atoms with van der Waals surface area (Å²) in [6.45, 7) is 4.45. The third-order valence-corrected chi connectivity index (χ3v) is 3.54. The van der Waals surface area contributed by atoms with Crippen LogP contribution in [0.2, 0.25) is 0 Å². The van der Waals surface area contributed by atoms with Gasteiger partial charge in [0.2, 0.25) is 5.91 Å². The van der Waals surface area contributed by atoms with E-state index in [0.29, 0.717) is 0 Å². The molecule has 0 spiro atoms. The van der Waals surface area contributed by atoms with E-state index in [2.05, 4.69) is 17.3 Å². The maximum atomic E-state index is 12.2. The van der Waals surface area contributed by atoms with Crippen LogP contribution in [0.3, 0.4) is 0 Å². The molecule has 5 nitrogen and oxygen atoms in total. The normalized spacial score (nSPS) is 32.0. The van der Waals surface area contributed by atoms with E-state index >= 15 is 0 Å². The number of ether oxygens (including phenoxy) is 1. The monoisotopic (exact) mass is 227 g/mol. The van der Waals surface area contributed by atoms with Crippen molar-refractivity contribution in [3.8, 4) is 0 Å². The Morgan fingerprint density at radius 1 is 1.31 bits per heavy atom. The van der Waals surface area contributed by atoms with Gasteiger partial charge in [-0.3, -0.25) is 4.79 Å². The summed E-state index contributed by atoms with van der Waals surface area (Å²) >= 11 is 0. The second-order valence-corrected chi connectivity index (χ2v) is 4.68. The molecule has 2 rings (SSSR count). The highest BCUT2D eigenvalue weighted by atomic mass is 16.5. The first-order chi connectivity index (χ1) is 7.70. The number of nitrogens with one attached hydrogen (secondary N) is 1. The molecular formula is C11H21N3O2. The largest absolute Gasteiger partial charge is 0.380 e. The van der Waals surface area contributed by atoms with Crippen molar-refractivity contribution in [3.05, 3.63) is 0 Å². The maximum absolute atomic E-state index is 12.2. The van der Waals surface area contributed by atoms with Gasteiger partial charge < -0.3 is 19.9 Å². The highest BCUT2D eigenvalue weighted by molar-refractivity contribution is 5.82. The minimum Gasteiger partial charge on any atom is -0.380 e. The smallest absolute Gasteiger partial charge is 0.239 e. The van der Waals surface area contributed by atoms with Gasteiger partial charge in [0.15, 0.2) is 0 Å². The topological polar surface area (TPSA) is 44.8 Å². The Labute approximate surface area is 96.7 Å². The highest BCUT2D eigenvalue weighted by Crippen LogP contribution is 2.13. The summed E-state index contributed by atoms with van der Waals surface area (Å²) in [6.07, 6.45) is 1.00. The van der Waals surface area contributed by atoms with Crippen LogP contribution in [-0.4, -0.2) is 74.7 Å². The third kappa shape index (κ3) is 2.53. The van der Waals surface area contributed by atoms with E-state index in [-0.39, 0.29) is 18.1 Å². The summed E-state index contributed by atoms with van der Waals surface area (Å²) in [6, 6.07) is -0.0339. The van der Waals surface area contributed by atoms with Gasteiger partial charge >= 0.3 is 0 Å². The highest BCUT2D eigenvalue weighted by Gasteiger charge is 2.32. The van der Waals surface area contributed by atoms with Gasteiger partial charge in [-0.1, -0.05) is 0 Å². The maximum Gasteiger partial charge on any atom is 0.239 e. The van der Waals surface area contributed by atoms with Gasteiger partial charge in [0, 0.05) is 39.8 Å². The van der Waals surface area contributed by atoms with Crippen molar-refractivity contribution in [3.63, 3.8) is 0 Å². The lowest BCUT2D eigenvalue weighted by Crippen LogP contribution is -2.52. The number of piperazine rings is 1. The lowest BCUT2D eigenvalue weighted by molar-refractivity contribution is -0.134. The van der Waals surface area contributed by atoms with Crippen molar-refractivity contribution in [1.82, 2.24) is 15.1 Å². The van der Waals surface area contributed by atoms with Crippen LogP contribution in [-0.2, 0) is 9.53 Å². The van der Waals surface area contributed by atoms with Crippen LogP contribution in [0, 0.1) is 0 Å². The van der Waals surface area contributed by atoms with Gasteiger partial charge in [-0.2, -0.15) is 0 Å². The number of hydrogen-bond donors (Lipinski definition) is 1. The third-order valence-electron chi connectivity index (χ3n) is 3.54. The van der Waals surface area contributed by atoms with Gasteiger partial charge in [0.1, 0.15) is 0 Å². The Kier molecular flexibility index (Phi) is 3.78. The number of methoxy groups -OCH3 is 1. The molecule has 0 aromatic carbocycles. The standard InChI is InChI=1S/C11H21N3O2/c1-13-3-5-14(6-4-13)11(15)10-7-9(16-2)8-12-10/h9-10,12H,3-8H2,1-2H3. The van der Waals surface area contributed by atoms with Crippen LogP contribution < -0.4 is 5.32 Å². The molecule has 1 N–H and O–H groups in total. The van der Waals surface area contributed by atoms with E-state index in [1.807, 2.05) is 4.90 Å². The SMILES string of the molecule is COC1CNC(C(=O)N2CCN(C)CC2)C1. The number of hydrogen-bond acceptors (Lipinski definition) is 4. The Morgan fingerprint density at radius 3 is 2.56 bits per heavy atom. The molecular weight excluding hydrogens is 206 g/mol. The Balaban J connectivity index is 1.83. The molecule has 0 aromatic heterocycles. The van der Waals surface area contributed by atoms with Gasteiger partial charge in [-0.25, -0.2) is 0 Å². The quantitative estimate of drug-likeness (QED) is 0.666. The predicted octanol–water partition coefficient (Wildman–Crippen LogP) is -0.863. The van der Waals surface area contributed by atoms with Crippen molar-refractivity contribution in [2.24, 2.45) is 0 Å². The Morgan fingerprint density at radius 2 is 2.00 bits per heavy atom. The van der Waals surface area contributed by atoms with Crippen LogP contribution in [0.25, 0.3) is 0 Å². The van der Waals surface area contributed by atoms with E-state index in [1.54, 1.807) is 7.11 Å². The first-order valence-electron chi connectivity index (χ1n) is 5.94. The molecule has 2 atom stereocenters. The van der Waals surface area contributed by atoms with Gasteiger partial charge in [0.25, 0.3) is 0 Å². The lowest BCUT2D eigenvalue weighted by atomic mass is 10.1. The number of carbonyl (C=O) groups excluding carboxylic acids is 1. The molecule has 0 aliphatic carbocycles. The first kappa shape index (κ1) is 11.8. The molecule has 2 aliphatic heterocycles. The molecule has 0 aromatic rings. The van der Waals surface area contributed by atoms with E-state index in [4.69, 9.17) is 4.74 Å². The molecule has 0 bridgehead atoms. The van der Waals surface area contributed by atoms with Crippen LogP contribution in [0.15, 0.2) is 0 Å². The summed E-state index contributed by atoms with van der Waals surface area (Å²) in [7, 11) is 3.80. The minimum absolute atomic E-state index is 0.0339. The second-order valence-electron chi connectivity index (χ2n) is 4.68. The second kappa shape index (κ2) is 5.12. The van der Waals surface area contributed by atoms with E-state index in [0.717, 1.165) is 39.1 Å². The van der Waals surface area contributed by atoms with Gasteiger partial charge in [0.05, 0.1) is 12.1 Å². The van der Waals surface area contributed by atoms with E-state index in [9.17, 15) is 4.79 Å². The van der Waals surface area contributed by atoms with Crippen molar-refractivity contribution in [1.29, 1.82) is 0 Å². The number of nitrogens with zero attached hydrogens (tertiary/aromatic N) is 2. The fourth-order valence-electron chi connectivity index (χ4n) is 2.32. The number of likely N-dealkylation sites (N-methyl/N-ethyl adjacent to an activating group) is 1. The molecule has 5 heteroatoms. The molecule has 92 valence electrons. The Bertz CT molecular complexity index is 248. The van der Waals surface area contributed by atoms with Crippen molar-refractivity contribution in [2.45, 2.75) is 18.6 Å². The summed E-state index contributed by atoms with van der Waals surface area (Å²) in [5.41, 5.74) is 0. The molecule has 0 saturated carbocycles. The zero-order chi connectivity index (χ0) is 11.5. The molecule has 2 fully saturated rings. The summed E-state index contributed by atoms with van der Waals surface area (Å²) < 4.78 is 5.25. The summed E-state index contributed by atoms with van der Waals surface area (Å²) in [5, 5.41) is 3.24. The summed E-state index contributed by atoms with van der Waals surface area (Å²) in [5.74, 6) is 0.243. The van der Waals surface area contributed by atoms with Crippen LogP contribution >= 0.6 is 0 Å². The van der Waals surface area contributed by atoms with Gasteiger partial charge in [-0.15, -0.1) is 0 Å². The van der Waals surface area contributed by atoms with Crippen molar-refractivity contribution in [2.75, 3.05) is 46.9 Å². The molecule has 2 aliphatic rings. The fourth-order valence-corrected chi connectivity index (χ4v) is 2.32. The predicted molar refractivity (Wildman–Crippen MR) is 61.3 cm³/mol. The van der Waals surface area contributed by atoms with Crippen LogP contribution in [0.1, 0.15) is 6.42 Å². The average Bonchev–Trinajstić information content (AvgIpc) is 2.77. The first-order valence-corrected chi connectivity index (χ1v) is 5.94. The Hall–Kier alpha value is -0.650. The van der Waals surface area contributed by atoms with E-state index in [1.165, 1.54) is 0 Å². The molecule has 2 saturated heterocycles. The summed E-state index contributed by atoms with van der Waals surface area (Å²) in [4.78, 5) is 16.4. The number of rotatable bonds is 2. The number of carbonyl (C=O) groups is 1. The van der Waals surface area contributed by atoms with Crippen LogP contribution in [0.4, 0.5) is 0 Å². The molecule has 1 amide bonds. The zero-order valence-electron chi connectivity index (χ0n) is 10.1. The zero-order valence-corrected chi connectivity index (χ0v) is 10.1.